The Hall–Kier alpha value is -2.56. The largest absolute Gasteiger partial charge is 0.367 e. The Kier molecular flexibility index (Phi) is 4.69. The van der Waals surface area contributed by atoms with Crippen molar-refractivity contribution in [2.45, 2.75) is 20.3 Å². The van der Waals surface area contributed by atoms with Crippen LogP contribution in [0.1, 0.15) is 38.3 Å². The number of hydrogen-bond acceptors (Lipinski definition) is 2. The first-order valence-electron chi connectivity index (χ1n) is 8.35. The lowest BCUT2D eigenvalue weighted by molar-refractivity contribution is 0.0718. The molecule has 1 aromatic carbocycles. The maximum absolute atomic E-state index is 12.8. The minimum atomic E-state index is 0.0253. The van der Waals surface area contributed by atoms with Crippen LogP contribution in [0.3, 0.4) is 0 Å². The smallest absolute Gasteiger partial charge is 0.255 e. The summed E-state index contributed by atoms with van der Waals surface area (Å²) in [6.07, 6.45) is 4.26. The molecule has 0 unspecified atom stereocenters. The highest BCUT2D eigenvalue weighted by Gasteiger charge is 2.24. The molecule has 0 aliphatic carbocycles. The van der Waals surface area contributed by atoms with Crippen LogP contribution < -0.4 is 0 Å². The zero-order valence-electron chi connectivity index (χ0n) is 14.2. The molecule has 0 bridgehead atoms. The molecule has 126 valence electrons. The SMILES string of the molecule is Cc1ccc(C)c(C(=O)N2CCCN(C(=O)c3cc[nH]c3)CC2)c1. The van der Waals surface area contributed by atoms with Gasteiger partial charge in [0.05, 0.1) is 5.56 Å². The number of carbonyl (C=O) groups is 2. The number of nitrogens with zero attached hydrogens (tertiary/aromatic N) is 2. The minimum absolute atomic E-state index is 0.0253. The second-order valence-corrected chi connectivity index (χ2v) is 6.36. The lowest BCUT2D eigenvalue weighted by atomic mass is 10.0. The third-order valence-electron chi connectivity index (χ3n) is 4.54. The van der Waals surface area contributed by atoms with Crippen molar-refractivity contribution in [3.63, 3.8) is 0 Å². The van der Waals surface area contributed by atoms with Gasteiger partial charge in [-0.25, -0.2) is 0 Å². The fraction of sp³-hybridized carbons (Fsp3) is 0.368. The third kappa shape index (κ3) is 3.35. The molecule has 3 rings (SSSR count). The summed E-state index contributed by atoms with van der Waals surface area (Å²) in [7, 11) is 0. The molecule has 1 aliphatic rings. The average molecular weight is 325 g/mol. The van der Waals surface area contributed by atoms with E-state index in [0.29, 0.717) is 31.7 Å². The second kappa shape index (κ2) is 6.91. The number of amides is 2. The van der Waals surface area contributed by atoms with Crippen LogP contribution in [-0.4, -0.2) is 52.8 Å². The van der Waals surface area contributed by atoms with E-state index in [4.69, 9.17) is 0 Å². The van der Waals surface area contributed by atoms with Gasteiger partial charge in [0.25, 0.3) is 11.8 Å². The Morgan fingerprint density at radius 2 is 1.67 bits per heavy atom. The molecule has 5 heteroatoms. The number of H-pyrrole nitrogens is 1. The summed E-state index contributed by atoms with van der Waals surface area (Å²) >= 11 is 0. The fourth-order valence-electron chi connectivity index (χ4n) is 3.10. The third-order valence-corrected chi connectivity index (χ3v) is 4.54. The number of aromatic nitrogens is 1. The molecule has 24 heavy (non-hydrogen) atoms. The first kappa shape index (κ1) is 16.3. The van der Waals surface area contributed by atoms with E-state index in [2.05, 4.69) is 4.98 Å². The molecule has 2 aromatic rings. The van der Waals surface area contributed by atoms with Crippen molar-refractivity contribution >= 4 is 11.8 Å². The van der Waals surface area contributed by atoms with Crippen LogP contribution in [0.25, 0.3) is 0 Å². The van der Waals surface area contributed by atoms with Gasteiger partial charge >= 0.3 is 0 Å². The van der Waals surface area contributed by atoms with Crippen molar-refractivity contribution in [3.8, 4) is 0 Å². The van der Waals surface area contributed by atoms with Gasteiger partial charge in [0, 0.05) is 44.1 Å². The van der Waals surface area contributed by atoms with E-state index in [-0.39, 0.29) is 11.8 Å². The molecule has 1 saturated heterocycles. The summed E-state index contributed by atoms with van der Waals surface area (Å²) in [5.74, 6) is 0.0874. The number of benzene rings is 1. The highest BCUT2D eigenvalue weighted by Crippen LogP contribution is 2.16. The summed E-state index contributed by atoms with van der Waals surface area (Å²) in [5, 5.41) is 0. The van der Waals surface area contributed by atoms with E-state index in [1.165, 1.54) is 0 Å². The van der Waals surface area contributed by atoms with Gasteiger partial charge < -0.3 is 14.8 Å². The van der Waals surface area contributed by atoms with Gasteiger partial charge in [-0.15, -0.1) is 0 Å². The Morgan fingerprint density at radius 3 is 2.33 bits per heavy atom. The van der Waals surface area contributed by atoms with E-state index in [1.54, 1.807) is 18.5 Å². The highest BCUT2D eigenvalue weighted by molar-refractivity contribution is 5.96. The molecule has 0 atom stereocenters. The molecular weight excluding hydrogens is 302 g/mol. The highest BCUT2D eigenvalue weighted by atomic mass is 16.2. The van der Waals surface area contributed by atoms with Crippen LogP contribution >= 0.6 is 0 Å². The molecule has 2 amide bonds. The van der Waals surface area contributed by atoms with Crippen molar-refractivity contribution in [3.05, 3.63) is 58.9 Å². The lowest BCUT2D eigenvalue weighted by Crippen LogP contribution is -2.37. The molecule has 1 fully saturated rings. The molecule has 0 spiro atoms. The molecule has 5 nitrogen and oxygen atoms in total. The van der Waals surface area contributed by atoms with Crippen LogP contribution in [0, 0.1) is 13.8 Å². The molecule has 1 N–H and O–H groups in total. The summed E-state index contributed by atoms with van der Waals surface area (Å²) in [6.45, 7) is 6.47. The number of carbonyl (C=O) groups excluding carboxylic acids is 2. The van der Waals surface area contributed by atoms with Crippen LogP contribution in [0.2, 0.25) is 0 Å². The normalized spacial score (nSPS) is 15.2. The van der Waals surface area contributed by atoms with Gasteiger partial charge in [0.1, 0.15) is 0 Å². The summed E-state index contributed by atoms with van der Waals surface area (Å²) in [5.41, 5.74) is 3.52. The Bertz CT molecular complexity index is 737. The predicted molar refractivity (Wildman–Crippen MR) is 93.1 cm³/mol. The summed E-state index contributed by atoms with van der Waals surface area (Å²) in [6, 6.07) is 7.74. The van der Waals surface area contributed by atoms with Gasteiger partial charge in [0.15, 0.2) is 0 Å². The number of nitrogens with one attached hydrogen (secondary N) is 1. The first-order valence-corrected chi connectivity index (χ1v) is 8.35. The molecular formula is C19H23N3O2. The van der Waals surface area contributed by atoms with E-state index >= 15 is 0 Å². The molecule has 1 aliphatic heterocycles. The van der Waals surface area contributed by atoms with Gasteiger partial charge in [0.2, 0.25) is 0 Å². The maximum Gasteiger partial charge on any atom is 0.255 e. The second-order valence-electron chi connectivity index (χ2n) is 6.36. The summed E-state index contributed by atoms with van der Waals surface area (Å²) < 4.78 is 0. The Labute approximate surface area is 142 Å². The molecule has 0 saturated carbocycles. The van der Waals surface area contributed by atoms with Crippen LogP contribution in [-0.2, 0) is 0 Å². The molecule has 2 heterocycles. The quantitative estimate of drug-likeness (QED) is 0.923. The molecule has 1 aromatic heterocycles. The van der Waals surface area contributed by atoms with Gasteiger partial charge in [-0.05, 0) is 38.0 Å². The van der Waals surface area contributed by atoms with Crippen molar-refractivity contribution in [1.82, 2.24) is 14.8 Å². The van der Waals surface area contributed by atoms with E-state index in [0.717, 1.165) is 23.1 Å². The number of hydrogen-bond donors (Lipinski definition) is 1. The Balaban J connectivity index is 1.70. The van der Waals surface area contributed by atoms with Gasteiger partial charge in [-0.2, -0.15) is 0 Å². The monoisotopic (exact) mass is 325 g/mol. The number of aryl methyl sites for hydroxylation is 2. The average Bonchev–Trinajstić information content (AvgIpc) is 3.00. The van der Waals surface area contributed by atoms with E-state index in [9.17, 15) is 9.59 Å². The van der Waals surface area contributed by atoms with Crippen molar-refractivity contribution in [2.24, 2.45) is 0 Å². The topological polar surface area (TPSA) is 56.4 Å². The maximum atomic E-state index is 12.8. The first-order chi connectivity index (χ1) is 11.6. The predicted octanol–water partition coefficient (Wildman–Crippen LogP) is 2.62. The summed E-state index contributed by atoms with van der Waals surface area (Å²) in [4.78, 5) is 31.9. The van der Waals surface area contributed by atoms with Crippen molar-refractivity contribution in [2.75, 3.05) is 26.2 Å². The number of aromatic amines is 1. The zero-order valence-corrected chi connectivity index (χ0v) is 14.2. The van der Waals surface area contributed by atoms with Gasteiger partial charge in [-0.3, -0.25) is 9.59 Å². The zero-order chi connectivity index (χ0) is 17.1. The Morgan fingerprint density at radius 1 is 0.958 bits per heavy atom. The number of rotatable bonds is 2. The minimum Gasteiger partial charge on any atom is -0.367 e. The van der Waals surface area contributed by atoms with Crippen molar-refractivity contribution < 1.29 is 9.59 Å². The van der Waals surface area contributed by atoms with E-state index in [1.807, 2.05) is 41.8 Å². The fourth-order valence-corrected chi connectivity index (χ4v) is 3.10. The molecule has 0 radical (unpaired) electrons. The lowest BCUT2D eigenvalue weighted by Gasteiger charge is -2.23. The van der Waals surface area contributed by atoms with Gasteiger partial charge in [-0.1, -0.05) is 17.7 Å². The van der Waals surface area contributed by atoms with Crippen LogP contribution in [0.15, 0.2) is 36.7 Å². The van der Waals surface area contributed by atoms with Crippen LogP contribution in [0.5, 0.6) is 0 Å². The van der Waals surface area contributed by atoms with Crippen LogP contribution in [0.4, 0.5) is 0 Å². The standard InChI is InChI=1S/C19H23N3O2/c1-14-4-5-15(2)17(12-14)19(24)22-9-3-8-21(10-11-22)18(23)16-6-7-20-13-16/h4-7,12-13,20H,3,8-11H2,1-2H3. The van der Waals surface area contributed by atoms with E-state index < -0.39 is 0 Å². The van der Waals surface area contributed by atoms with Crippen molar-refractivity contribution in [1.29, 1.82) is 0 Å².